The lowest BCUT2D eigenvalue weighted by Crippen LogP contribution is -2.19. The molecule has 0 aliphatic heterocycles. The van der Waals surface area contributed by atoms with E-state index in [9.17, 15) is 9.90 Å². The molecule has 0 spiro atoms. The number of hydrogen-bond donors (Lipinski definition) is 1. The molecule has 1 aliphatic rings. The molecule has 4 rings (SSSR count). The third-order valence-electron chi connectivity index (χ3n) is 4.77. The van der Waals surface area contributed by atoms with Crippen LogP contribution in [-0.2, 0) is 6.61 Å². The minimum absolute atomic E-state index is 0.0908. The summed E-state index contributed by atoms with van der Waals surface area (Å²) in [5, 5.41) is 14.3. The molecular weight excluding hydrogens is 354 g/mol. The minimum Gasteiger partial charge on any atom is -0.507 e. The number of pyridine rings is 1. The molecule has 3 aromatic rings. The zero-order chi connectivity index (χ0) is 19.9. The second kappa shape index (κ2) is 9.17. The van der Waals surface area contributed by atoms with Gasteiger partial charge in [0.2, 0.25) is 0 Å². The molecule has 6 nitrogen and oxygen atoms in total. The van der Waals surface area contributed by atoms with Crippen molar-refractivity contribution in [3.63, 3.8) is 0 Å². The molecule has 2 heterocycles. The van der Waals surface area contributed by atoms with E-state index in [4.69, 9.17) is 4.74 Å². The van der Waals surface area contributed by atoms with Crippen molar-refractivity contribution >= 4 is 6.29 Å². The fourth-order valence-corrected chi connectivity index (χ4v) is 3.14. The van der Waals surface area contributed by atoms with E-state index in [0.717, 1.165) is 29.8 Å². The second-order valence-corrected chi connectivity index (χ2v) is 6.35. The lowest BCUT2D eigenvalue weighted by atomic mass is 9.93. The van der Waals surface area contributed by atoms with Crippen LogP contribution in [0, 0.1) is 0 Å². The lowest BCUT2D eigenvalue weighted by molar-refractivity contribution is 0.111. The number of nitrogens with zero attached hydrogens (tertiary/aromatic N) is 3. The zero-order valence-corrected chi connectivity index (χ0v) is 16.2. The van der Waals surface area contributed by atoms with Crippen molar-refractivity contribution in [1.82, 2.24) is 14.8 Å². The van der Waals surface area contributed by atoms with Gasteiger partial charge in [0.25, 0.3) is 0 Å². The van der Waals surface area contributed by atoms with Gasteiger partial charge in [0.05, 0.1) is 23.0 Å². The Morgan fingerprint density at radius 1 is 1.18 bits per heavy atom. The summed E-state index contributed by atoms with van der Waals surface area (Å²) in [6, 6.07) is 11.0. The quantitative estimate of drug-likeness (QED) is 0.623. The first-order valence-electron chi connectivity index (χ1n) is 9.65. The van der Waals surface area contributed by atoms with E-state index in [0.29, 0.717) is 18.1 Å². The smallest absolute Gasteiger partial charge is 0.157 e. The number of aromatic nitrogens is 3. The molecule has 0 amide bonds. The van der Waals surface area contributed by atoms with Crippen molar-refractivity contribution in [2.45, 2.75) is 45.8 Å². The molecular formula is C22H25N3O3. The molecule has 2 aromatic heterocycles. The van der Waals surface area contributed by atoms with Crippen molar-refractivity contribution in [3.8, 4) is 22.9 Å². The molecule has 0 bridgehead atoms. The van der Waals surface area contributed by atoms with E-state index in [1.54, 1.807) is 24.5 Å². The van der Waals surface area contributed by atoms with E-state index in [1.165, 1.54) is 12.5 Å². The van der Waals surface area contributed by atoms with Gasteiger partial charge in [0.15, 0.2) is 6.29 Å². The second-order valence-electron chi connectivity index (χ2n) is 6.35. The first-order valence-corrected chi connectivity index (χ1v) is 9.65. The summed E-state index contributed by atoms with van der Waals surface area (Å²) in [5.74, 6) is 0.259. The van der Waals surface area contributed by atoms with E-state index >= 15 is 0 Å². The van der Waals surface area contributed by atoms with E-state index < -0.39 is 0 Å². The molecule has 0 radical (unpaired) electrons. The van der Waals surface area contributed by atoms with Crippen LogP contribution < -0.4 is 4.74 Å². The molecule has 6 heteroatoms. The Labute approximate surface area is 164 Å². The lowest BCUT2D eigenvalue weighted by Gasteiger charge is -2.27. The average molecular weight is 379 g/mol. The third kappa shape index (κ3) is 3.91. The Bertz CT molecular complexity index is 932. The fourth-order valence-electron chi connectivity index (χ4n) is 3.14. The van der Waals surface area contributed by atoms with Crippen LogP contribution in [0.25, 0.3) is 11.4 Å². The van der Waals surface area contributed by atoms with Crippen molar-refractivity contribution in [2.75, 3.05) is 0 Å². The van der Waals surface area contributed by atoms with E-state index in [2.05, 4.69) is 10.1 Å². The highest BCUT2D eigenvalue weighted by molar-refractivity contribution is 5.83. The molecule has 1 aliphatic carbocycles. The summed E-state index contributed by atoms with van der Waals surface area (Å²) in [7, 11) is 0. The topological polar surface area (TPSA) is 77.2 Å². The Balaban J connectivity index is 0.00000109. The zero-order valence-electron chi connectivity index (χ0n) is 16.2. The monoisotopic (exact) mass is 379 g/mol. The number of carbonyl (C=O) groups is 1. The van der Waals surface area contributed by atoms with Crippen LogP contribution in [0.2, 0.25) is 0 Å². The normalized spacial score (nSPS) is 13.2. The first-order chi connectivity index (χ1) is 13.8. The maximum absolute atomic E-state index is 11.2. The summed E-state index contributed by atoms with van der Waals surface area (Å²) in [6.07, 6.45) is 7.65. The largest absolute Gasteiger partial charge is 0.507 e. The van der Waals surface area contributed by atoms with Gasteiger partial charge in [-0.1, -0.05) is 26.0 Å². The highest BCUT2D eigenvalue weighted by Crippen LogP contribution is 2.35. The SMILES string of the molecule is CC.O=Cc1c(O)cccc1OCc1cccnc1-c1ccnn1C1CCC1. The van der Waals surface area contributed by atoms with Gasteiger partial charge < -0.3 is 9.84 Å². The summed E-state index contributed by atoms with van der Waals surface area (Å²) in [6.45, 7) is 4.24. The standard InChI is InChI=1S/C20H19N3O3.C2H6/c24-12-16-18(25)7-2-8-19(16)26-13-14-4-3-10-21-20(14)17-9-11-22-23(17)15-5-1-6-15;1-2/h2-4,7-12,15,25H,1,5-6,13H2;1-2H3. The Kier molecular flexibility index (Phi) is 6.42. The van der Waals surface area contributed by atoms with Gasteiger partial charge >= 0.3 is 0 Å². The van der Waals surface area contributed by atoms with Crippen molar-refractivity contribution in [1.29, 1.82) is 0 Å². The first kappa shape index (κ1) is 19.6. The molecule has 1 aromatic carbocycles. The van der Waals surface area contributed by atoms with Crippen LogP contribution in [0.4, 0.5) is 0 Å². The molecule has 1 N–H and O–H groups in total. The molecule has 1 fully saturated rings. The molecule has 146 valence electrons. The molecule has 0 unspecified atom stereocenters. The predicted octanol–water partition coefficient (Wildman–Crippen LogP) is 4.79. The highest BCUT2D eigenvalue weighted by atomic mass is 16.5. The van der Waals surface area contributed by atoms with Crippen molar-refractivity contribution in [2.24, 2.45) is 0 Å². The van der Waals surface area contributed by atoms with Gasteiger partial charge in [-0.3, -0.25) is 14.5 Å². The summed E-state index contributed by atoms with van der Waals surface area (Å²) >= 11 is 0. The third-order valence-corrected chi connectivity index (χ3v) is 4.77. The van der Waals surface area contributed by atoms with Crippen LogP contribution in [-0.4, -0.2) is 26.2 Å². The molecule has 28 heavy (non-hydrogen) atoms. The van der Waals surface area contributed by atoms with Gasteiger partial charge in [-0.05, 0) is 43.5 Å². The van der Waals surface area contributed by atoms with Gasteiger partial charge in [0.1, 0.15) is 18.1 Å². The summed E-state index contributed by atoms with van der Waals surface area (Å²) in [4.78, 5) is 15.7. The van der Waals surface area contributed by atoms with Crippen LogP contribution >= 0.6 is 0 Å². The fraction of sp³-hybridized carbons (Fsp3) is 0.318. The van der Waals surface area contributed by atoms with Crippen LogP contribution in [0.5, 0.6) is 11.5 Å². The average Bonchev–Trinajstić information content (AvgIpc) is 3.15. The number of carbonyl (C=O) groups excluding carboxylic acids is 1. The van der Waals surface area contributed by atoms with Crippen molar-refractivity contribution < 1.29 is 14.6 Å². The Hall–Kier alpha value is -3.15. The van der Waals surface area contributed by atoms with Gasteiger partial charge in [0, 0.05) is 18.0 Å². The minimum atomic E-state index is -0.0908. The van der Waals surface area contributed by atoms with Gasteiger partial charge in [-0.2, -0.15) is 5.10 Å². The van der Waals surface area contributed by atoms with E-state index in [-0.39, 0.29) is 17.9 Å². The van der Waals surface area contributed by atoms with Gasteiger partial charge in [-0.15, -0.1) is 0 Å². The predicted molar refractivity (Wildman–Crippen MR) is 108 cm³/mol. The number of benzene rings is 1. The Morgan fingerprint density at radius 2 is 2.00 bits per heavy atom. The van der Waals surface area contributed by atoms with Crippen LogP contribution in [0.15, 0.2) is 48.8 Å². The summed E-state index contributed by atoms with van der Waals surface area (Å²) in [5.41, 5.74) is 2.84. The highest BCUT2D eigenvalue weighted by Gasteiger charge is 2.24. The van der Waals surface area contributed by atoms with E-state index in [1.807, 2.05) is 36.7 Å². The number of aromatic hydroxyl groups is 1. The number of phenolic OH excluding ortho intramolecular Hbond substituents is 1. The maximum atomic E-state index is 11.2. The maximum Gasteiger partial charge on any atom is 0.157 e. The van der Waals surface area contributed by atoms with Crippen LogP contribution in [0.1, 0.15) is 55.1 Å². The summed E-state index contributed by atoms with van der Waals surface area (Å²) < 4.78 is 7.86. The number of hydrogen-bond acceptors (Lipinski definition) is 5. The number of phenols is 1. The molecule has 0 atom stereocenters. The molecule has 0 saturated heterocycles. The number of ether oxygens (including phenoxy) is 1. The Morgan fingerprint density at radius 3 is 2.71 bits per heavy atom. The molecule has 1 saturated carbocycles. The van der Waals surface area contributed by atoms with Crippen LogP contribution in [0.3, 0.4) is 0 Å². The number of rotatable bonds is 6. The number of aldehydes is 1. The van der Waals surface area contributed by atoms with Crippen molar-refractivity contribution in [3.05, 3.63) is 59.9 Å². The van der Waals surface area contributed by atoms with Gasteiger partial charge in [-0.25, -0.2) is 0 Å².